The van der Waals surface area contributed by atoms with Crippen molar-refractivity contribution in [1.29, 1.82) is 0 Å². The minimum absolute atomic E-state index is 0.131. The zero-order valence-electron chi connectivity index (χ0n) is 24.3. The molecular weight excluding hydrogens is 633 g/mol. The van der Waals surface area contributed by atoms with Gasteiger partial charge < -0.3 is 0 Å². The van der Waals surface area contributed by atoms with Gasteiger partial charge in [0, 0.05) is 0 Å². The van der Waals surface area contributed by atoms with Crippen LogP contribution in [0.5, 0.6) is 0 Å². The molecule has 0 aliphatic carbocycles. The fraction of sp³-hybridized carbons (Fsp3) is 0.273. The first-order valence-electron chi connectivity index (χ1n) is 14.2. The van der Waals surface area contributed by atoms with Gasteiger partial charge in [0.25, 0.3) is 0 Å². The monoisotopic (exact) mass is 675 g/mol. The van der Waals surface area contributed by atoms with Crippen molar-refractivity contribution in [2.24, 2.45) is 0 Å². The SMILES string of the molecule is CN(C)CC[CH2][Sn]1([C](C)(C)C)[O][Si](c2ccccc2)(c2ccccc2)O[Si](c2ccccc2)(c2ccccc2)[O]1. The summed E-state index contributed by atoms with van der Waals surface area (Å²) >= 11 is -4.05. The molecule has 0 unspecified atom stereocenters. The Morgan fingerprint density at radius 3 is 1.18 bits per heavy atom. The Labute approximate surface area is 247 Å². The van der Waals surface area contributed by atoms with E-state index in [9.17, 15) is 0 Å². The van der Waals surface area contributed by atoms with E-state index in [0.29, 0.717) is 0 Å². The third-order valence-corrected chi connectivity index (χ3v) is 35.7. The van der Waals surface area contributed by atoms with E-state index in [1.165, 1.54) is 0 Å². The molecule has 1 saturated heterocycles. The molecule has 0 N–H and O–H groups in total. The van der Waals surface area contributed by atoms with Crippen molar-refractivity contribution in [2.75, 3.05) is 20.6 Å². The van der Waals surface area contributed by atoms with Crippen molar-refractivity contribution in [2.45, 2.75) is 35.1 Å². The van der Waals surface area contributed by atoms with Crippen LogP contribution < -0.4 is 20.7 Å². The topological polar surface area (TPSA) is 30.9 Å². The van der Waals surface area contributed by atoms with Gasteiger partial charge in [0.2, 0.25) is 0 Å². The van der Waals surface area contributed by atoms with Crippen molar-refractivity contribution in [1.82, 2.24) is 4.90 Å². The minimum atomic E-state index is -4.05. The Morgan fingerprint density at radius 2 is 0.900 bits per heavy atom. The van der Waals surface area contributed by atoms with Gasteiger partial charge in [-0.2, -0.15) is 0 Å². The van der Waals surface area contributed by atoms with Crippen molar-refractivity contribution in [3.05, 3.63) is 121 Å². The summed E-state index contributed by atoms with van der Waals surface area (Å²) in [6, 6.07) is 42.9. The second-order valence-corrected chi connectivity index (χ2v) is 31.4. The van der Waals surface area contributed by atoms with Crippen LogP contribution in [0.25, 0.3) is 0 Å². The molecule has 0 saturated carbocycles. The van der Waals surface area contributed by atoms with Crippen LogP contribution in [0.2, 0.25) is 7.87 Å². The van der Waals surface area contributed by atoms with E-state index < -0.39 is 36.3 Å². The van der Waals surface area contributed by atoms with E-state index in [2.05, 4.69) is 161 Å². The molecule has 0 radical (unpaired) electrons. The van der Waals surface area contributed by atoms with Crippen LogP contribution in [0.15, 0.2) is 121 Å². The van der Waals surface area contributed by atoms with E-state index in [-0.39, 0.29) is 3.43 Å². The van der Waals surface area contributed by atoms with Crippen molar-refractivity contribution in [3.63, 3.8) is 0 Å². The first-order valence-corrected chi connectivity index (χ1v) is 23.6. The number of hydrogen-bond acceptors (Lipinski definition) is 4. The summed E-state index contributed by atoms with van der Waals surface area (Å²) in [5.41, 5.74) is 0. The molecule has 4 nitrogen and oxygen atoms in total. The van der Waals surface area contributed by atoms with Crippen LogP contribution in [-0.4, -0.2) is 61.9 Å². The first kappa shape index (κ1) is 29.4. The molecule has 4 aromatic carbocycles. The van der Waals surface area contributed by atoms with E-state index in [0.717, 1.165) is 38.1 Å². The third kappa shape index (κ3) is 5.68. The Balaban J connectivity index is 1.85. The van der Waals surface area contributed by atoms with E-state index in [4.69, 9.17) is 9.64 Å². The zero-order valence-corrected chi connectivity index (χ0v) is 29.2. The molecule has 0 aromatic heterocycles. The number of benzene rings is 4. The third-order valence-electron chi connectivity index (χ3n) is 7.77. The van der Waals surface area contributed by atoms with Crippen molar-refractivity contribution in [3.8, 4) is 0 Å². The predicted molar refractivity (Wildman–Crippen MR) is 173 cm³/mol. The predicted octanol–water partition coefficient (Wildman–Crippen LogP) is 4.76. The molecule has 0 spiro atoms. The molecule has 5 rings (SSSR count). The molecule has 1 aliphatic heterocycles. The quantitative estimate of drug-likeness (QED) is 0.253. The molecule has 0 amide bonds. The van der Waals surface area contributed by atoms with Gasteiger partial charge >= 0.3 is 249 Å². The Bertz CT molecular complexity index is 1200. The van der Waals surface area contributed by atoms with E-state index in [1.807, 2.05) is 0 Å². The number of rotatable bonds is 8. The van der Waals surface area contributed by atoms with Gasteiger partial charge in [0.1, 0.15) is 0 Å². The summed E-state index contributed by atoms with van der Waals surface area (Å²) in [5.74, 6) is 0. The molecule has 40 heavy (non-hydrogen) atoms. The standard InChI is InChI=1S/C24H20O3Si2.C5H12N.C4H9.Sn/c25-28(21-13-5-1-6-14-21,22-15-7-2-8-16-22)27-29(26,23-17-9-3-10-18-23)24-19-11-4-12-20-24;1-4-5-6(2)3;1-4(2)3;/h1-20H;1,4-5H2,2-3H3;1-3H3;/q-2;;;+2. The molecule has 0 atom stereocenters. The van der Waals surface area contributed by atoms with Gasteiger partial charge in [-0.05, 0) is 0 Å². The zero-order chi connectivity index (χ0) is 28.3. The van der Waals surface area contributed by atoms with Gasteiger partial charge in [-0.1, -0.05) is 0 Å². The summed E-state index contributed by atoms with van der Waals surface area (Å²) in [4.78, 5) is 2.26. The summed E-state index contributed by atoms with van der Waals surface area (Å²) in [6.07, 6.45) is 1.03. The summed E-state index contributed by atoms with van der Waals surface area (Å²) in [7, 11) is -2.20. The second kappa shape index (κ2) is 12.1. The molecular formula is C33H41NO3Si2Sn. The molecule has 7 heteroatoms. The maximum absolute atomic E-state index is 7.80. The van der Waals surface area contributed by atoms with Gasteiger partial charge in [-0.3, -0.25) is 0 Å². The maximum atomic E-state index is 7.80. The Kier molecular flexibility index (Phi) is 8.87. The molecule has 208 valence electrons. The van der Waals surface area contributed by atoms with Gasteiger partial charge in [-0.25, -0.2) is 0 Å². The second-order valence-electron chi connectivity index (χ2n) is 11.9. The fourth-order valence-electron chi connectivity index (χ4n) is 5.58. The normalized spacial score (nSPS) is 17.9. The van der Waals surface area contributed by atoms with Crippen molar-refractivity contribution >= 4 is 57.1 Å². The summed E-state index contributed by atoms with van der Waals surface area (Å²) in [5, 5.41) is 4.58. The molecule has 0 bridgehead atoms. The van der Waals surface area contributed by atoms with Crippen LogP contribution in [0, 0.1) is 0 Å². The van der Waals surface area contributed by atoms with Crippen LogP contribution >= 0.6 is 0 Å². The summed E-state index contributed by atoms with van der Waals surface area (Å²) in [6.45, 7) is 8.02. The average Bonchev–Trinajstić information content (AvgIpc) is 2.98. The average molecular weight is 675 g/mol. The fourth-order valence-corrected chi connectivity index (χ4v) is 41.1. The van der Waals surface area contributed by atoms with Gasteiger partial charge in [0.15, 0.2) is 0 Å². The van der Waals surface area contributed by atoms with Crippen LogP contribution in [0.4, 0.5) is 0 Å². The van der Waals surface area contributed by atoms with Crippen LogP contribution in [0.3, 0.4) is 0 Å². The summed E-state index contributed by atoms with van der Waals surface area (Å²) < 4.78 is 24.2. The van der Waals surface area contributed by atoms with Gasteiger partial charge in [0.05, 0.1) is 0 Å². The molecule has 1 heterocycles. The number of nitrogens with zero attached hydrogens (tertiary/aromatic N) is 1. The Morgan fingerprint density at radius 1 is 0.575 bits per heavy atom. The Hall–Kier alpha value is -2.05. The first-order chi connectivity index (χ1) is 19.2. The van der Waals surface area contributed by atoms with E-state index >= 15 is 0 Å². The van der Waals surface area contributed by atoms with Crippen molar-refractivity contribution < 1.29 is 9.64 Å². The molecule has 1 fully saturated rings. The van der Waals surface area contributed by atoms with Gasteiger partial charge in [-0.15, -0.1) is 0 Å². The van der Waals surface area contributed by atoms with Crippen LogP contribution in [-0.2, 0) is 9.64 Å². The molecule has 4 aromatic rings. The molecule has 1 aliphatic rings. The van der Waals surface area contributed by atoms with Crippen LogP contribution in [0.1, 0.15) is 27.2 Å². The van der Waals surface area contributed by atoms with E-state index in [1.54, 1.807) is 0 Å². The number of hydrogen-bond donors (Lipinski definition) is 0.